The predicted molar refractivity (Wildman–Crippen MR) is 105 cm³/mol. The van der Waals surface area contributed by atoms with Crippen molar-refractivity contribution >= 4 is 16.9 Å². The Labute approximate surface area is 166 Å². The van der Waals surface area contributed by atoms with Crippen LogP contribution in [0.3, 0.4) is 0 Å². The Morgan fingerprint density at radius 1 is 1.21 bits per heavy atom. The Morgan fingerprint density at radius 3 is 2.76 bits per heavy atom. The molecule has 0 bridgehead atoms. The van der Waals surface area contributed by atoms with Crippen molar-refractivity contribution in [2.75, 3.05) is 24.5 Å². The fraction of sp³-hybridized carbons (Fsp3) is 0.450. The normalized spacial score (nSPS) is 20.4. The number of piperidine rings is 1. The van der Waals surface area contributed by atoms with Gasteiger partial charge in [0.15, 0.2) is 5.65 Å². The van der Waals surface area contributed by atoms with Gasteiger partial charge in [0.1, 0.15) is 17.2 Å². The van der Waals surface area contributed by atoms with Crippen molar-refractivity contribution < 1.29 is 13.2 Å². The fourth-order valence-corrected chi connectivity index (χ4v) is 4.13. The highest BCUT2D eigenvalue weighted by atomic mass is 19.4. The summed E-state index contributed by atoms with van der Waals surface area (Å²) < 4.78 is 41.1. The zero-order chi connectivity index (χ0) is 20.6. The highest BCUT2D eigenvalue weighted by molar-refractivity contribution is 5.90. The average Bonchev–Trinajstić information content (AvgIpc) is 3.16. The Balaban J connectivity index is 1.78. The van der Waals surface area contributed by atoms with Crippen LogP contribution in [0.2, 0.25) is 0 Å². The summed E-state index contributed by atoms with van der Waals surface area (Å²) in [7, 11) is 0. The molecular formula is C20H23F3N6. The molecule has 3 aromatic heterocycles. The minimum absolute atomic E-state index is 0.158. The van der Waals surface area contributed by atoms with E-state index in [0.29, 0.717) is 35.2 Å². The van der Waals surface area contributed by atoms with Crippen LogP contribution >= 0.6 is 0 Å². The van der Waals surface area contributed by atoms with Gasteiger partial charge in [-0.1, -0.05) is 13.3 Å². The van der Waals surface area contributed by atoms with E-state index in [0.717, 1.165) is 32.0 Å². The molecule has 1 fully saturated rings. The molecule has 0 amide bonds. The number of hydrogen-bond acceptors (Lipinski definition) is 5. The first-order valence-corrected chi connectivity index (χ1v) is 9.75. The summed E-state index contributed by atoms with van der Waals surface area (Å²) in [6.07, 6.45) is -1.10. The van der Waals surface area contributed by atoms with E-state index in [1.807, 2.05) is 0 Å². The van der Waals surface area contributed by atoms with Crippen LogP contribution in [0.5, 0.6) is 0 Å². The first kappa shape index (κ1) is 19.6. The van der Waals surface area contributed by atoms with Crippen LogP contribution in [0.25, 0.3) is 22.4 Å². The molecule has 2 unspecified atom stereocenters. The van der Waals surface area contributed by atoms with Gasteiger partial charge in [0, 0.05) is 24.7 Å². The molecule has 0 aliphatic carbocycles. The molecule has 3 aromatic rings. The molecule has 1 saturated heterocycles. The quantitative estimate of drug-likeness (QED) is 0.690. The fourth-order valence-electron chi connectivity index (χ4n) is 4.13. The summed E-state index contributed by atoms with van der Waals surface area (Å²) in [6.45, 7) is 4.20. The molecule has 4 heterocycles. The highest BCUT2D eigenvalue weighted by Gasteiger charge is 2.37. The van der Waals surface area contributed by atoms with E-state index in [1.54, 1.807) is 18.3 Å². The van der Waals surface area contributed by atoms with Crippen LogP contribution in [0.1, 0.15) is 25.3 Å². The maximum atomic E-state index is 13.7. The van der Waals surface area contributed by atoms with E-state index in [-0.39, 0.29) is 11.4 Å². The number of anilines is 1. The molecule has 4 rings (SSSR count). The van der Waals surface area contributed by atoms with Crippen LogP contribution in [0.4, 0.5) is 19.0 Å². The molecule has 154 valence electrons. The number of halogens is 3. The first-order chi connectivity index (χ1) is 13.9. The minimum atomic E-state index is -4.53. The minimum Gasteiger partial charge on any atom is -0.356 e. The number of nitrogens with one attached hydrogen (secondary N) is 1. The Morgan fingerprint density at radius 2 is 2.03 bits per heavy atom. The molecule has 0 spiro atoms. The van der Waals surface area contributed by atoms with Gasteiger partial charge in [-0.15, -0.1) is 0 Å². The predicted octanol–water partition coefficient (Wildman–Crippen LogP) is 3.85. The van der Waals surface area contributed by atoms with E-state index < -0.39 is 11.7 Å². The van der Waals surface area contributed by atoms with Crippen LogP contribution < -0.4 is 10.6 Å². The van der Waals surface area contributed by atoms with Crippen molar-refractivity contribution in [3.63, 3.8) is 0 Å². The molecule has 0 aromatic carbocycles. The lowest BCUT2D eigenvalue weighted by Gasteiger charge is -2.38. The summed E-state index contributed by atoms with van der Waals surface area (Å²) in [6, 6.07) is 5.91. The third kappa shape index (κ3) is 3.66. The number of aromatic amines is 1. The van der Waals surface area contributed by atoms with Gasteiger partial charge in [-0.05, 0) is 49.1 Å². The van der Waals surface area contributed by atoms with Crippen molar-refractivity contribution in [3.05, 3.63) is 36.0 Å². The van der Waals surface area contributed by atoms with Crippen molar-refractivity contribution in [3.8, 4) is 11.4 Å². The molecule has 1 aliphatic rings. The number of H-pyrrole nitrogens is 1. The standard InChI is InChI=1S/C20H23F3N6/c1-2-12-11-29(9-7-13(12)10-24)16-6-5-15(20(21,22)23)18(26-16)17-14-4-3-8-25-19(14)28-27-17/h3-6,8,12-13H,2,7,9-11,24H2,1H3,(H,25,27,28). The van der Waals surface area contributed by atoms with Crippen molar-refractivity contribution in [1.82, 2.24) is 20.2 Å². The lowest BCUT2D eigenvalue weighted by molar-refractivity contribution is -0.137. The van der Waals surface area contributed by atoms with Gasteiger partial charge in [-0.3, -0.25) is 5.10 Å². The second kappa shape index (κ2) is 7.62. The molecule has 0 radical (unpaired) electrons. The van der Waals surface area contributed by atoms with E-state index >= 15 is 0 Å². The van der Waals surface area contributed by atoms with Gasteiger partial charge in [-0.2, -0.15) is 18.3 Å². The van der Waals surface area contributed by atoms with Crippen LogP contribution in [0, 0.1) is 11.8 Å². The molecule has 6 nitrogen and oxygen atoms in total. The SMILES string of the molecule is CCC1CN(c2ccc(C(F)(F)F)c(-c3n[nH]c4ncccc34)n2)CCC1CN. The highest BCUT2D eigenvalue weighted by Crippen LogP contribution is 2.39. The monoisotopic (exact) mass is 404 g/mol. The lowest BCUT2D eigenvalue weighted by atomic mass is 9.84. The van der Waals surface area contributed by atoms with Crippen molar-refractivity contribution in [2.24, 2.45) is 17.6 Å². The summed E-state index contributed by atoms with van der Waals surface area (Å²) in [5.41, 5.74) is 5.49. The largest absolute Gasteiger partial charge is 0.418 e. The molecule has 2 atom stereocenters. The third-order valence-corrected chi connectivity index (χ3v) is 5.79. The van der Waals surface area contributed by atoms with E-state index in [1.165, 1.54) is 6.07 Å². The Bertz CT molecular complexity index is 999. The Kier molecular flexibility index (Phi) is 5.16. The number of pyridine rings is 2. The number of aromatic nitrogens is 4. The second-order valence-electron chi connectivity index (χ2n) is 7.43. The van der Waals surface area contributed by atoms with Crippen LogP contribution in [-0.4, -0.2) is 39.8 Å². The number of nitrogens with zero attached hydrogens (tertiary/aromatic N) is 4. The van der Waals surface area contributed by atoms with Gasteiger partial charge in [0.05, 0.1) is 5.56 Å². The van der Waals surface area contributed by atoms with E-state index in [2.05, 4.69) is 32.0 Å². The van der Waals surface area contributed by atoms with Gasteiger partial charge in [0.25, 0.3) is 0 Å². The maximum absolute atomic E-state index is 13.7. The number of nitrogens with two attached hydrogens (primary N) is 1. The van der Waals surface area contributed by atoms with E-state index in [4.69, 9.17) is 5.73 Å². The third-order valence-electron chi connectivity index (χ3n) is 5.79. The first-order valence-electron chi connectivity index (χ1n) is 9.75. The average molecular weight is 404 g/mol. The number of fused-ring (bicyclic) bond motifs is 1. The van der Waals surface area contributed by atoms with Crippen molar-refractivity contribution in [2.45, 2.75) is 25.9 Å². The summed E-state index contributed by atoms with van der Waals surface area (Å²) in [5.74, 6) is 1.37. The second-order valence-corrected chi connectivity index (χ2v) is 7.43. The van der Waals surface area contributed by atoms with Crippen LogP contribution in [0.15, 0.2) is 30.5 Å². The van der Waals surface area contributed by atoms with Gasteiger partial charge >= 0.3 is 6.18 Å². The summed E-state index contributed by atoms with van der Waals surface area (Å²) in [5, 5.41) is 7.31. The van der Waals surface area contributed by atoms with E-state index in [9.17, 15) is 13.2 Å². The van der Waals surface area contributed by atoms with Gasteiger partial charge in [0.2, 0.25) is 0 Å². The van der Waals surface area contributed by atoms with Gasteiger partial charge in [-0.25, -0.2) is 9.97 Å². The molecular weight excluding hydrogens is 381 g/mol. The molecule has 29 heavy (non-hydrogen) atoms. The number of alkyl halides is 3. The zero-order valence-corrected chi connectivity index (χ0v) is 16.1. The Hall–Kier alpha value is -2.68. The van der Waals surface area contributed by atoms with Gasteiger partial charge < -0.3 is 10.6 Å². The smallest absolute Gasteiger partial charge is 0.356 e. The van der Waals surface area contributed by atoms with Crippen molar-refractivity contribution in [1.29, 1.82) is 0 Å². The number of hydrogen-bond donors (Lipinski definition) is 2. The zero-order valence-electron chi connectivity index (χ0n) is 16.1. The number of rotatable bonds is 4. The molecule has 3 N–H and O–H groups in total. The summed E-state index contributed by atoms with van der Waals surface area (Å²) in [4.78, 5) is 10.6. The topological polar surface area (TPSA) is 83.7 Å². The molecule has 1 aliphatic heterocycles. The van der Waals surface area contributed by atoms with Crippen LogP contribution in [-0.2, 0) is 6.18 Å². The molecule has 9 heteroatoms. The maximum Gasteiger partial charge on any atom is 0.418 e. The lowest BCUT2D eigenvalue weighted by Crippen LogP contribution is -2.43. The summed E-state index contributed by atoms with van der Waals surface area (Å²) >= 11 is 0. The molecule has 0 saturated carbocycles.